The number of hydrogen-bond donors (Lipinski definition) is 1. The van der Waals surface area contributed by atoms with Gasteiger partial charge < -0.3 is 5.11 Å². The van der Waals surface area contributed by atoms with Crippen LogP contribution in [0.4, 0.5) is 0 Å². The second-order valence-corrected chi connectivity index (χ2v) is 7.97. The van der Waals surface area contributed by atoms with Gasteiger partial charge >= 0.3 is 0 Å². The van der Waals surface area contributed by atoms with E-state index in [1.807, 2.05) is 19.1 Å². The minimum Gasteiger partial charge on any atom is -0.389 e. The summed E-state index contributed by atoms with van der Waals surface area (Å²) in [5.41, 5.74) is 0.794. The molecule has 112 valence electrons. The first-order valence-electron chi connectivity index (χ1n) is 7.01. The Morgan fingerprint density at radius 2 is 1.85 bits per heavy atom. The molecule has 1 aromatic rings. The van der Waals surface area contributed by atoms with E-state index in [4.69, 9.17) is 0 Å². The maximum Gasteiger partial charge on any atom is 0.243 e. The first-order valence-corrected chi connectivity index (χ1v) is 8.45. The molecule has 0 heterocycles. The zero-order valence-electron chi connectivity index (χ0n) is 12.4. The van der Waals surface area contributed by atoms with Crippen molar-refractivity contribution in [2.24, 2.45) is 0 Å². The molecule has 1 aromatic carbocycles. The highest BCUT2D eigenvalue weighted by Crippen LogP contribution is 2.31. The molecule has 0 aliphatic heterocycles. The van der Waals surface area contributed by atoms with Gasteiger partial charge in [0, 0.05) is 13.6 Å². The molecule has 1 N–H and O–H groups in total. The summed E-state index contributed by atoms with van der Waals surface area (Å²) in [5, 5.41) is 10.4. The van der Waals surface area contributed by atoms with Crippen LogP contribution in [0.5, 0.6) is 0 Å². The van der Waals surface area contributed by atoms with Crippen molar-refractivity contribution in [2.75, 3.05) is 13.6 Å². The Labute approximate surface area is 121 Å². The van der Waals surface area contributed by atoms with Gasteiger partial charge in [-0.2, -0.15) is 4.31 Å². The van der Waals surface area contributed by atoms with Gasteiger partial charge in [0.15, 0.2) is 0 Å². The molecule has 0 atom stereocenters. The van der Waals surface area contributed by atoms with Crippen molar-refractivity contribution >= 4 is 10.0 Å². The van der Waals surface area contributed by atoms with E-state index < -0.39 is 15.6 Å². The van der Waals surface area contributed by atoms with Crippen LogP contribution in [0.1, 0.15) is 36.8 Å². The van der Waals surface area contributed by atoms with Crippen LogP contribution in [0, 0.1) is 13.8 Å². The van der Waals surface area contributed by atoms with E-state index in [1.54, 1.807) is 20.0 Å². The minimum atomic E-state index is -3.54. The van der Waals surface area contributed by atoms with Gasteiger partial charge in [0.1, 0.15) is 0 Å². The quantitative estimate of drug-likeness (QED) is 0.927. The summed E-state index contributed by atoms with van der Waals surface area (Å²) >= 11 is 0. The van der Waals surface area contributed by atoms with Crippen molar-refractivity contribution < 1.29 is 13.5 Å². The van der Waals surface area contributed by atoms with Crippen LogP contribution < -0.4 is 0 Å². The third-order valence-electron chi connectivity index (χ3n) is 4.08. The van der Waals surface area contributed by atoms with E-state index >= 15 is 0 Å². The molecule has 0 spiro atoms. The van der Waals surface area contributed by atoms with Crippen molar-refractivity contribution in [3.8, 4) is 0 Å². The lowest BCUT2D eigenvalue weighted by atomic mass is 10.0. The number of benzene rings is 1. The first-order chi connectivity index (χ1) is 9.24. The monoisotopic (exact) mass is 297 g/mol. The predicted octanol–water partition coefficient (Wildman–Crippen LogP) is 2.23. The fourth-order valence-corrected chi connectivity index (χ4v) is 4.40. The van der Waals surface area contributed by atoms with Gasteiger partial charge in [-0.1, -0.05) is 25.0 Å². The van der Waals surface area contributed by atoms with Crippen LogP contribution in [0.25, 0.3) is 0 Å². The molecular formula is C15H23NO3S. The van der Waals surface area contributed by atoms with Crippen LogP contribution >= 0.6 is 0 Å². The molecule has 20 heavy (non-hydrogen) atoms. The van der Waals surface area contributed by atoms with Gasteiger partial charge in [-0.05, 0) is 43.9 Å². The van der Waals surface area contributed by atoms with Crippen LogP contribution in [-0.2, 0) is 10.0 Å². The SMILES string of the molecule is Cc1ccc(C)c(S(=O)(=O)N(C)CC2(O)CCCC2)c1. The average molecular weight is 297 g/mol. The van der Waals surface area contributed by atoms with Gasteiger partial charge in [-0.15, -0.1) is 0 Å². The van der Waals surface area contributed by atoms with Crippen molar-refractivity contribution in [3.05, 3.63) is 29.3 Å². The van der Waals surface area contributed by atoms with Crippen molar-refractivity contribution in [1.82, 2.24) is 4.31 Å². The normalized spacial score (nSPS) is 18.6. The highest BCUT2D eigenvalue weighted by molar-refractivity contribution is 7.89. The highest BCUT2D eigenvalue weighted by atomic mass is 32.2. The second-order valence-electron chi connectivity index (χ2n) is 5.96. The second kappa shape index (κ2) is 5.47. The third kappa shape index (κ3) is 3.05. The number of likely N-dealkylation sites (N-methyl/N-ethyl adjacent to an activating group) is 1. The summed E-state index contributed by atoms with van der Waals surface area (Å²) in [6, 6.07) is 5.42. The lowest BCUT2D eigenvalue weighted by molar-refractivity contribution is 0.0333. The molecular weight excluding hydrogens is 274 g/mol. The summed E-state index contributed by atoms with van der Waals surface area (Å²) in [5.74, 6) is 0. The van der Waals surface area contributed by atoms with E-state index in [0.29, 0.717) is 17.7 Å². The van der Waals surface area contributed by atoms with Crippen LogP contribution in [0.15, 0.2) is 23.1 Å². The van der Waals surface area contributed by atoms with Gasteiger partial charge in [0.2, 0.25) is 10.0 Å². The number of aryl methyl sites for hydroxylation is 2. The standard InChI is InChI=1S/C15H23NO3S/c1-12-6-7-13(2)14(10-12)20(18,19)16(3)11-15(17)8-4-5-9-15/h6-7,10,17H,4-5,8-9,11H2,1-3H3. The molecule has 0 bridgehead atoms. The zero-order valence-corrected chi connectivity index (χ0v) is 13.2. The number of nitrogens with zero attached hydrogens (tertiary/aromatic N) is 1. The summed E-state index contributed by atoms with van der Waals surface area (Å²) < 4.78 is 26.6. The average Bonchev–Trinajstić information content (AvgIpc) is 2.78. The Balaban J connectivity index is 2.27. The predicted molar refractivity (Wildman–Crippen MR) is 79.1 cm³/mol. The Hall–Kier alpha value is -0.910. The van der Waals surface area contributed by atoms with E-state index in [-0.39, 0.29) is 6.54 Å². The molecule has 1 saturated carbocycles. The molecule has 1 fully saturated rings. The Bertz CT molecular complexity index is 589. The first kappa shape index (κ1) is 15.5. The highest BCUT2D eigenvalue weighted by Gasteiger charge is 2.36. The Morgan fingerprint density at radius 1 is 1.25 bits per heavy atom. The third-order valence-corrected chi connectivity index (χ3v) is 6.03. The van der Waals surface area contributed by atoms with Gasteiger partial charge in [-0.3, -0.25) is 0 Å². The molecule has 0 radical (unpaired) electrons. The molecule has 0 unspecified atom stereocenters. The van der Waals surface area contributed by atoms with Crippen LogP contribution in [-0.4, -0.2) is 37.0 Å². The molecule has 1 aliphatic rings. The van der Waals surface area contributed by atoms with Crippen molar-refractivity contribution in [2.45, 2.75) is 50.0 Å². The van der Waals surface area contributed by atoms with E-state index in [2.05, 4.69) is 0 Å². The largest absolute Gasteiger partial charge is 0.389 e. The van der Waals surface area contributed by atoms with Crippen LogP contribution in [0.3, 0.4) is 0 Å². The smallest absolute Gasteiger partial charge is 0.243 e. The number of sulfonamides is 1. The topological polar surface area (TPSA) is 57.6 Å². The number of rotatable bonds is 4. The van der Waals surface area contributed by atoms with Gasteiger partial charge in [-0.25, -0.2) is 8.42 Å². The summed E-state index contributed by atoms with van der Waals surface area (Å²) in [6.07, 6.45) is 3.29. The maximum absolute atomic E-state index is 12.6. The Kier molecular flexibility index (Phi) is 4.23. The molecule has 5 heteroatoms. The fraction of sp³-hybridized carbons (Fsp3) is 0.600. The molecule has 1 aliphatic carbocycles. The summed E-state index contributed by atoms with van der Waals surface area (Å²) in [4.78, 5) is 0.335. The molecule has 2 rings (SSSR count). The van der Waals surface area contributed by atoms with E-state index in [0.717, 1.165) is 24.0 Å². The van der Waals surface area contributed by atoms with Crippen molar-refractivity contribution in [1.29, 1.82) is 0 Å². The fourth-order valence-electron chi connectivity index (χ4n) is 2.84. The lowest BCUT2D eigenvalue weighted by Crippen LogP contribution is -2.42. The molecule has 0 saturated heterocycles. The van der Waals surface area contributed by atoms with Crippen LogP contribution in [0.2, 0.25) is 0 Å². The molecule has 0 aromatic heterocycles. The van der Waals surface area contributed by atoms with E-state index in [1.165, 1.54) is 4.31 Å². The number of aliphatic hydroxyl groups is 1. The molecule has 0 amide bonds. The Morgan fingerprint density at radius 3 is 2.45 bits per heavy atom. The van der Waals surface area contributed by atoms with Crippen molar-refractivity contribution in [3.63, 3.8) is 0 Å². The molecule has 4 nitrogen and oxygen atoms in total. The zero-order chi connectivity index (χ0) is 15.0. The summed E-state index contributed by atoms with van der Waals surface area (Å²) in [6.45, 7) is 3.84. The summed E-state index contributed by atoms with van der Waals surface area (Å²) in [7, 11) is -2.00. The van der Waals surface area contributed by atoms with Gasteiger partial charge in [0.25, 0.3) is 0 Å². The number of hydrogen-bond acceptors (Lipinski definition) is 3. The van der Waals surface area contributed by atoms with Gasteiger partial charge in [0.05, 0.1) is 10.5 Å². The van der Waals surface area contributed by atoms with E-state index in [9.17, 15) is 13.5 Å². The minimum absolute atomic E-state index is 0.169. The maximum atomic E-state index is 12.6. The lowest BCUT2D eigenvalue weighted by Gasteiger charge is -2.28.